The summed E-state index contributed by atoms with van der Waals surface area (Å²) in [4.78, 5) is 27.4. The first-order valence-corrected chi connectivity index (χ1v) is 16.4. The number of ether oxygens (including phenoxy) is 1. The average Bonchev–Trinajstić information content (AvgIpc) is 3.81. The summed E-state index contributed by atoms with van der Waals surface area (Å²) in [5.74, 6) is 0.828. The fourth-order valence-corrected chi connectivity index (χ4v) is 5.47. The molecule has 0 atom stereocenters. The van der Waals surface area contributed by atoms with Crippen LogP contribution in [0.4, 0.5) is 8.78 Å². The molecule has 0 radical (unpaired) electrons. The quantitative estimate of drug-likeness (QED) is 0.170. The van der Waals surface area contributed by atoms with Crippen molar-refractivity contribution in [1.29, 1.82) is 0 Å². The van der Waals surface area contributed by atoms with Gasteiger partial charge in [0.25, 0.3) is 0 Å². The van der Waals surface area contributed by atoms with Crippen LogP contribution in [0.1, 0.15) is 37.4 Å². The summed E-state index contributed by atoms with van der Waals surface area (Å²) in [6.45, 7) is 2.01. The van der Waals surface area contributed by atoms with Crippen LogP contribution in [-0.2, 0) is 7.05 Å². The van der Waals surface area contributed by atoms with E-state index in [1.54, 1.807) is 6.07 Å². The molecule has 0 bridgehead atoms. The number of phenols is 1. The summed E-state index contributed by atoms with van der Waals surface area (Å²) in [6.07, 6.45) is 3.82. The maximum absolute atomic E-state index is 12.6. The monoisotopic (exact) mass is 692 g/mol. The van der Waals surface area contributed by atoms with Gasteiger partial charge in [-0.1, -0.05) is 42.0 Å². The molecule has 6 aromatic carbocycles. The molecule has 6 nitrogen and oxygen atoms in total. The predicted octanol–water partition coefficient (Wildman–Crippen LogP) is 10.6. The lowest BCUT2D eigenvalue weighted by atomic mass is 10.0. The number of rotatable bonds is 6. The van der Waals surface area contributed by atoms with E-state index >= 15 is 0 Å². The van der Waals surface area contributed by atoms with Gasteiger partial charge in [-0.3, -0.25) is 9.59 Å². The summed E-state index contributed by atoms with van der Waals surface area (Å²) >= 11 is 0. The molecular weight excluding hydrogens is 658 g/mol. The van der Waals surface area contributed by atoms with Crippen molar-refractivity contribution in [1.82, 2.24) is 9.55 Å². The molecule has 8 rings (SSSR count). The van der Waals surface area contributed by atoms with E-state index in [0.29, 0.717) is 33.8 Å². The highest BCUT2D eigenvalue weighted by molar-refractivity contribution is 6.09. The molecular formula is C44H34F2N2O4. The highest BCUT2D eigenvalue weighted by Crippen LogP contribution is 2.30. The number of ketones is 2. The Balaban J connectivity index is 0.000000151. The van der Waals surface area contributed by atoms with Crippen LogP contribution in [0, 0.1) is 18.6 Å². The minimum Gasteiger partial charge on any atom is -0.507 e. The SMILES string of the molecule is Cc1ccc(C(=O)c2ccc(Oc3cccc4c3ccn4C)cc2)cc1.O=C(c1ccc(F)cc1)c1ccc(F)cc1.Oc1cccc2[nH]ccc12. The first-order valence-electron chi connectivity index (χ1n) is 16.4. The van der Waals surface area contributed by atoms with Crippen molar-refractivity contribution in [3.63, 3.8) is 0 Å². The topological polar surface area (TPSA) is 84.3 Å². The molecule has 258 valence electrons. The van der Waals surface area contributed by atoms with E-state index in [0.717, 1.165) is 33.1 Å². The van der Waals surface area contributed by atoms with Crippen LogP contribution in [0.2, 0.25) is 0 Å². The van der Waals surface area contributed by atoms with Crippen LogP contribution in [0.15, 0.2) is 158 Å². The summed E-state index contributed by atoms with van der Waals surface area (Å²) in [5.41, 5.74) is 5.34. The first-order chi connectivity index (χ1) is 25.2. The van der Waals surface area contributed by atoms with Gasteiger partial charge >= 0.3 is 0 Å². The van der Waals surface area contributed by atoms with Gasteiger partial charge in [0.15, 0.2) is 11.6 Å². The van der Waals surface area contributed by atoms with Gasteiger partial charge in [-0.25, -0.2) is 8.78 Å². The number of nitrogens with zero attached hydrogens (tertiary/aromatic N) is 1. The van der Waals surface area contributed by atoms with Crippen LogP contribution >= 0.6 is 0 Å². The van der Waals surface area contributed by atoms with Crippen LogP contribution in [0.3, 0.4) is 0 Å². The Bertz CT molecular complexity index is 2400. The Labute approximate surface area is 299 Å². The normalized spacial score (nSPS) is 10.5. The number of nitrogens with one attached hydrogen (secondary N) is 1. The molecule has 0 amide bonds. The standard InChI is InChI=1S/C23H19NO2.C13H8F2O.C8H7NO/c1-16-6-8-17(9-7-16)23(25)18-10-12-19(13-11-18)26-22-5-3-4-21-20(22)14-15-24(21)2;14-11-5-1-9(2-6-11)13(16)10-3-7-12(15)8-4-10;10-8-3-1-2-7-6(8)4-5-9-7/h3-15H,1-2H3;1-8H;1-5,9-10H. The number of halogens is 2. The van der Waals surface area contributed by atoms with E-state index in [4.69, 9.17) is 4.74 Å². The third kappa shape index (κ3) is 8.31. The second-order valence-corrected chi connectivity index (χ2v) is 12.0. The lowest BCUT2D eigenvalue weighted by Gasteiger charge is -2.08. The number of fused-ring (bicyclic) bond motifs is 2. The number of aromatic hydroxyl groups is 1. The van der Waals surface area contributed by atoms with Gasteiger partial charge in [0.1, 0.15) is 28.9 Å². The average molecular weight is 693 g/mol. The molecule has 0 spiro atoms. The number of phenolic OH excluding ortho intramolecular Hbond substituents is 1. The van der Waals surface area contributed by atoms with Gasteiger partial charge in [-0.2, -0.15) is 0 Å². The minimum absolute atomic E-state index is 0.0155. The molecule has 0 saturated carbocycles. The summed E-state index contributed by atoms with van der Waals surface area (Å²) in [7, 11) is 2.01. The van der Waals surface area contributed by atoms with E-state index in [9.17, 15) is 23.5 Å². The zero-order valence-electron chi connectivity index (χ0n) is 28.4. The summed E-state index contributed by atoms with van der Waals surface area (Å²) < 4.78 is 33.4. The zero-order valence-corrected chi connectivity index (χ0v) is 28.4. The predicted molar refractivity (Wildman–Crippen MR) is 200 cm³/mol. The second-order valence-electron chi connectivity index (χ2n) is 12.0. The van der Waals surface area contributed by atoms with E-state index in [1.165, 1.54) is 48.5 Å². The van der Waals surface area contributed by atoms with Gasteiger partial charge in [-0.15, -0.1) is 0 Å². The van der Waals surface area contributed by atoms with Gasteiger partial charge < -0.3 is 19.4 Å². The molecule has 0 unspecified atom stereocenters. The van der Waals surface area contributed by atoms with Crippen LogP contribution in [0.25, 0.3) is 21.8 Å². The zero-order chi connectivity index (χ0) is 36.6. The van der Waals surface area contributed by atoms with Crippen molar-refractivity contribution in [3.8, 4) is 17.2 Å². The number of hydrogen-bond donors (Lipinski definition) is 2. The molecule has 2 N–H and O–H groups in total. The number of H-pyrrole nitrogens is 1. The molecule has 0 aliphatic rings. The maximum atomic E-state index is 12.6. The third-order valence-corrected chi connectivity index (χ3v) is 8.33. The molecule has 0 aliphatic carbocycles. The number of aromatic nitrogens is 2. The van der Waals surface area contributed by atoms with E-state index < -0.39 is 11.6 Å². The van der Waals surface area contributed by atoms with E-state index in [1.807, 2.05) is 111 Å². The van der Waals surface area contributed by atoms with Crippen molar-refractivity contribution in [2.45, 2.75) is 6.92 Å². The fourth-order valence-electron chi connectivity index (χ4n) is 5.47. The van der Waals surface area contributed by atoms with Crippen molar-refractivity contribution >= 4 is 33.4 Å². The fraction of sp³-hybridized carbons (Fsp3) is 0.0455. The second kappa shape index (κ2) is 15.8. The molecule has 0 aliphatic heterocycles. The van der Waals surface area contributed by atoms with Gasteiger partial charge in [0.2, 0.25) is 0 Å². The maximum Gasteiger partial charge on any atom is 0.193 e. The smallest absolute Gasteiger partial charge is 0.193 e. The Kier molecular flexibility index (Phi) is 10.7. The molecule has 8 aromatic rings. The number of carbonyl (C=O) groups is 2. The van der Waals surface area contributed by atoms with Gasteiger partial charge in [0.05, 0.1) is 5.52 Å². The molecule has 0 saturated heterocycles. The van der Waals surface area contributed by atoms with Crippen LogP contribution < -0.4 is 4.74 Å². The molecule has 52 heavy (non-hydrogen) atoms. The van der Waals surface area contributed by atoms with Gasteiger partial charge in [0, 0.05) is 58.0 Å². The Hall–Kier alpha value is -6.80. The first kappa shape index (κ1) is 35.0. The molecule has 2 heterocycles. The third-order valence-electron chi connectivity index (χ3n) is 8.33. The van der Waals surface area contributed by atoms with E-state index in [2.05, 4.69) is 15.6 Å². The minimum atomic E-state index is -0.393. The Morgan fingerprint density at radius 2 is 1.13 bits per heavy atom. The highest BCUT2D eigenvalue weighted by Gasteiger charge is 2.11. The Morgan fingerprint density at radius 1 is 0.615 bits per heavy atom. The molecule has 0 fully saturated rings. The lowest BCUT2D eigenvalue weighted by molar-refractivity contribution is 0.103. The number of aromatic amines is 1. The van der Waals surface area contributed by atoms with Crippen molar-refractivity contribution in [2.24, 2.45) is 7.05 Å². The summed E-state index contributed by atoms with van der Waals surface area (Å²) in [5, 5.41) is 11.2. The van der Waals surface area contributed by atoms with Crippen molar-refractivity contribution in [3.05, 3.63) is 197 Å². The Morgan fingerprint density at radius 3 is 1.69 bits per heavy atom. The number of carbonyl (C=O) groups excluding carboxylic acids is 2. The molecule has 2 aromatic heterocycles. The summed E-state index contributed by atoms with van der Waals surface area (Å²) in [6, 6.07) is 40.7. The highest BCUT2D eigenvalue weighted by atomic mass is 19.1. The van der Waals surface area contributed by atoms with Crippen LogP contribution in [-0.4, -0.2) is 26.2 Å². The number of aryl methyl sites for hydroxylation is 2. The van der Waals surface area contributed by atoms with Crippen LogP contribution in [0.5, 0.6) is 17.2 Å². The van der Waals surface area contributed by atoms with Crippen molar-refractivity contribution in [2.75, 3.05) is 0 Å². The largest absolute Gasteiger partial charge is 0.507 e. The number of hydrogen-bond acceptors (Lipinski definition) is 4. The van der Waals surface area contributed by atoms with Gasteiger partial charge in [-0.05, 0) is 116 Å². The number of benzene rings is 6. The van der Waals surface area contributed by atoms with Crippen molar-refractivity contribution < 1.29 is 28.2 Å². The lowest BCUT2D eigenvalue weighted by Crippen LogP contribution is -2.01. The van der Waals surface area contributed by atoms with E-state index in [-0.39, 0.29) is 11.6 Å². The molecule has 8 heteroatoms.